The summed E-state index contributed by atoms with van der Waals surface area (Å²) in [6.07, 6.45) is 3.94. The number of rotatable bonds is 3. The summed E-state index contributed by atoms with van der Waals surface area (Å²) in [6.45, 7) is 4.24. The Labute approximate surface area is 108 Å². The second-order valence-electron chi connectivity index (χ2n) is 4.72. The van der Waals surface area contributed by atoms with Gasteiger partial charge in [-0.25, -0.2) is 0 Å². The summed E-state index contributed by atoms with van der Waals surface area (Å²) in [7, 11) is 0. The van der Waals surface area contributed by atoms with Crippen molar-refractivity contribution in [3.63, 3.8) is 0 Å². The normalized spacial score (nSPS) is 11.3. The van der Waals surface area contributed by atoms with Crippen molar-refractivity contribution in [2.75, 3.05) is 0 Å². The van der Waals surface area contributed by atoms with Crippen molar-refractivity contribution in [1.82, 2.24) is 0 Å². The quantitative estimate of drug-likeness (QED) is 0.769. The lowest BCUT2D eigenvalue weighted by Gasteiger charge is -2.07. The van der Waals surface area contributed by atoms with Crippen LogP contribution in [0.3, 0.4) is 0 Å². The number of hydrogen-bond donors (Lipinski definition) is 1. The number of aromatic hydroxyl groups is 1. The lowest BCUT2D eigenvalue weighted by Crippen LogP contribution is -1.87. The van der Waals surface area contributed by atoms with Crippen molar-refractivity contribution < 1.29 is 5.11 Å². The minimum absolute atomic E-state index is 0.341. The Morgan fingerprint density at radius 1 is 0.944 bits per heavy atom. The first-order valence-electron chi connectivity index (χ1n) is 6.23. The molecule has 2 aromatic rings. The predicted molar refractivity (Wildman–Crippen MR) is 77.6 cm³/mol. The van der Waals surface area contributed by atoms with E-state index in [0.717, 1.165) is 16.7 Å². The lowest BCUT2D eigenvalue weighted by molar-refractivity contribution is 0.473. The zero-order valence-corrected chi connectivity index (χ0v) is 10.8. The highest BCUT2D eigenvalue weighted by Gasteiger charge is 2.02. The van der Waals surface area contributed by atoms with E-state index >= 15 is 0 Å². The van der Waals surface area contributed by atoms with Crippen molar-refractivity contribution in [2.24, 2.45) is 0 Å². The van der Waals surface area contributed by atoms with Gasteiger partial charge in [0, 0.05) is 5.56 Å². The number of benzene rings is 2. The smallest absolute Gasteiger partial charge is 0.123 e. The van der Waals surface area contributed by atoms with E-state index in [1.807, 2.05) is 54.6 Å². The van der Waals surface area contributed by atoms with Gasteiger partial charge in [-0.2, -0.15) is 0 Å². The number of phenolic OH excluding ortho intramolecular Hbond substituents is 1. The average Bonchev–Trinajstić information content (AvgIpc) is 2.38. The molecule has 1 N–H and O–H groups in total. The van der Waals surface area contributed by atoms with Crippen LogP contribution in [0.25, 0.3) is 12.2 Å². The van der Waals surface area contributed by atoms with Crippen molar-refractivity contribution in [3.05, 3.63) is 65.2 Å². The van der Waals surface area contributed by atoms with E-state index < -0.39 is 0 Å². The van der Waals surface area contributed by atoms with E-state index in [0.29, 0.717) is 11.7 Å². The Balaban J connectivity index is 2.22. The molecule has 0 radical (unpaired) electrons. The molecule has 0 amide bonds. The molecule has 92 valence electrons. The highest BCUT2D eigenvalue weighted by Crippen LogP contribution is 2.25. The fourth-order valence-corrected chi connectivity index (χ4v) is 1.81. The molecule has 1 nitrogen and oxygen atoms in total. The van der Waals surface area contributed by atoms with Gasteiger partial charge in [0.05, 0.1) is 0 Å². The Bertz CT molecular complexity index is 539. The van der Waals surface area contributed by atoms with Gasteiger partial charge in [0.1, 0.15) is 5.75 Å². The first-order chi connectivity index (χ1) is 8.66. The van der Waals surface area contributed by atoms with Crippen LogP contribution in [0.4, 0.5) is 0 Å². The zero-order valence-electron chi connectivity index (χ0n) is 10.8. The van der Waals surface area contributed by atoms with Gasteiger partial charge in [-0.1, -0.05) is 68.5 Å². The topological polar surface area (TPSA) is 20.2 Å². The second-order valence-corrected chi connectivity index (χ2v) is 4.72. The largest absolute Gasteiger partial charge is 0.507 e. The van der Waals surface area contributed by atoms with Gasteiger partial charge < -0.3 is 5.11 Å². The Hall–Kier alpha value is -2.02. The second kappa shape index (κ2) is 5.54. The zero-order chi connectivity index (χ0) is 13.0. The summed E-state index contributed by atoms with van der Waals surface area (Å²) in [5.74, 6) is 0.774. The molecule has 0 aliphatic heterocycles. The third kappa shape index (κ3) is 3.01. The van der Waals surface area contributed by atoms with Gasteiger partial charge >= 0.3 is 0 Å². The molecule has 2 rings (SSSR count). The third-order valence-electron chi connectivity index (χ3n) is 2.98. The van der Waals surface area contributed by atoms with Gasteiger partial charge in [0.15, 0.2) is 0 Å². The summed E-state index contributed by atoms with van der Waals surface area (Å²) in [4.78, 5) is 0. The number of hydrogen-bond acceptors (Lipinski definition) is 1. The van der Waals surface area contributed by atoms with Crippen LogP contribution in [0.5, 0.6) is 5.75 Å². The first kappa shape index (κ1) is 12.4. The summed E-state index contributed by atoms with van der Waals surface area (Å²) < 4.78 is 0. The maximum atomic E-state index is 9.97. The van der Waals surface area contributed by atoms with Gasteiger partial charge in [0.25, 0.3) is 0 Å². The SMILES string of the molecule is CC(C)c1ccc(/C=C/c2ccccc2)c(O)c1. The molecule has 0 aliphatic carbocycles. The molecule has 0 unspecified atom stereocenters. The Kier molecular flexibility index (Phi) is 3.83. The van der Waals surface area contributed by atoms with Crippen LogP contribution < -0.4 is 0 Å². The molecule has 0 bridgehead atoms. The van der Waals surface area contributed by atoms with Crippen LogP contribution in [0, 0.1) is 0 Å². The summed E-state index contributed by atoms with van der Waals surface area (Å²) in [5, 5.41) is 9.97. The van der Waals surface area contributed by atoms with Crippen LogP contribution in [-0.4, -0.2) is 5.11 Å². The van der Waals surface area contributed by atoms with Crippen LogP contribution in [0.15, 0.2) is 48.5 Å². The molecule has 0 atom stereocenters. The van der Waals surface area contributed by atoms with E-state index in [2.05, 4.69) is 19.9 Å². The highest BCUT2D eigenvalue weighted by atomic mass is 16.3. The molecule has 0 heterocycles. The monoisotopic (exact) mass is 238 g/mol. The molecule has 18 heavy (non-hydrogen) atoms. The molecule has 0 saturated heterocycles. The fourth-order valence-electron chi connectivity index (χ4n) is 1.81. The average molecular weight is 238 g/mol. The summed E-state index contributed by atoms with van der Waals surface area (Å²) in [5.41, 5.74) is 3.14. The molecule has 0 spiro atoms. The Morgan fingerprint density at radius 3 is 2.28 bits per heavy atom. The van der Waals surface area contributed by atoms with Crippen LogP contribution >= 0.6 is 0 Å². The van der Waals surface area contributed by atoms with Crippen molar-refractivity contribution >= 4 is 12.2 Å². The molecule has 1 heteroatoms. The molecular formula is C17H18O. The molecule has 0 aliphatic rings. The molecule has 0 aromatic heterocycles. The maximum absolute atomic E-state index is 9.97. The van der Waals surface area contributed by atoms with E-state index in [-0.39, 0.29) is 0 Å². The standard InChI is InChI=1S/C17H18O/c1-13(2)16-11-10-15(17(18)12-16)9-8-14-6-4-3-5-7-14/h3-13,18H,1-2H3/b9-8+. The van der Waals surface area contributed by atoms with Crippen LogP contribution in [0.2, 0.25) is 0 Å². The first-order valence-corrected chi connectivity index (χ1v) is 6.23. The Morgan fingerprint density at radius 2 is 1.67 bits per heavy atom. The van der Waals surface area contributed by atoms with Crippen LogP contribution in [-0.2, 0) is 0 Å². The molecule has 2 aromatic carbocycles. The number of phenols is 1. The summed E-state index contributed by atoms with van der Waals surface area (Å²) >= 11 is 0. The van der Waals surface area contributed by atoms with Crippen molar-refractivity contribution in [2.45, 2.75) is 19.8 Å². The maximum Gasteiger partial charge on any atom is 0.123 e. The molecule has 0 saturated carbocycles. The van der Waals surface area contributed by atoms with E-state index in [9.17, 15) is 5.11 Å². The van der Waals surface area contributed by atoms with E-state index in [1.165, 1.54) is 0 Å². The minimum atomic E-state index is 0.341. The molecule has 0 fully saturated rings. The summed E-state index contributed by atoms with van der Waals surface area (Å²) in [6, 6.07) is 15.9. The van der Waals surface area contributed by atoms with Crippen molar-refractivity contribution in [3.8, 4) is 5.75 Å². The third-order valence-corrected chi connectivity index (χ3v) is 2.98. The van der Waals surface area contributed by atoms with Crippen molar-refractivity contribution in [1.29, 1.82) is 0 Å². The van der Waals surface area contributed by atoms with Gasteiger partial charge in [-0.05, 0) is 23.1 Å². The van der Waals surface area contributed by atoms with Gasteiger partial charge in [-0.3, -0.25) is 0 Å². The van der Waals surface area contributed by atoms with E-state index in [4.69, 9.17) is 0 Å². The van der Waals surface area contributed by atoms with Crippen LogP contribution in [0.1, 0.15) is 36.5 Å². The highest BCUT2D eigenvalue weighted by molar-refractivity contribution is 5.72. The lowest BCUT2D eigenvalue weighted by atomic mass is 10.0. The minimum Gasteiger partial charge on any atom is -0.507 e. The fraction of sp³-hybridized carbons (Fsp3) is 0.176. The molecular weight excluding hydrogens is 220 g/mol. The van der Waals surface area contributed by atoms with E-state index in [1.54, 1.807) is 0 Å². The van der Waals surface area contributed by atoms with Gasteiger partial charge in [0.2, 0.25) is 0 Å². The predicted octanol–water partition coefficient (Wildman–Crippen LogP) is 4.69. The van der Waals surface area contributed by atoms with Gasteiger partial charge in [-0.15, -0.1) is 0 Å².